The van der Waals surface area contributed by atoms with E-state index in [1.807, 2.05) is 49.4 Å². The summed E-state index contributed by atoms with van der Waals surface area (Å²) in [5, 5.41) is 9.55. The number of alkyl halides is 4. The molecule has 1 amide bonds. The SMILES string of the molecule is CC1C=CC(CNC(=O)c2cc(C(F)(F)F)cnc2NCc2ccc(C3=CN=C4NN=C(N)C4C3C)cc2)=CC1Cl. The molecule has 1 aromatic heterocycles. The maximum atomic E-state index is 13.4. The van der Waals surface area contributed by atoms with Crippen molar-refractivity contribution < 1.29 is 18.0 Å². The summed E-state index contributed by atoms with van der Waals surface area (Å²) >= 11 is 6.27. The first-order chi connectivity index (χ1) is 19.5. The predicted molar refractivity (Wildman–Crippen MR) is 154 cm³/mol. The summed E-state index contributed by atoms with van der Waals surface area (Å²) in [6, 6.07) is 8.49. The number of hydrazone groups is 1. The van der Waals surface area contributed by atoms with Crippen LogP contribution in [-0.2, 0) is 12.7 Å². The number of fused-ring (bicyclic) bond motifs is 1. The lowest BCUT2D eigenvalue weighted by Crippen LogP contribution is -2.35. The number of aromatic nitrogens is 1. The largest absolute Gasteiger partial charge is 0.417 e. The van der Waals surface area contributed by atoms with E-state index in [2.05, 4.69) is 38.1 Å². The van der Waals surface area contributed by atoms with Gasteiger partial charge in [-0.15, -0.1) is 11.6 Å². The van der Waals surface area contributed by atoms with Crippen molar-refractivity contribution in [3.05, 3.63) is 88.8 Å². The first-order valence-corrected chi connectivity index (χ1v) is 13.5. The zero-order valence-electron chi connectivity index (χ0n) is 22.3. The van der Waals surface area contributed by atoms with Gasteiger partial charge in [-0.2, -0.15) is 18.3 Å². The minimum Gasteiger partial charge on any atom is -0.385 e. The van der Waals surface area contributed by atoms with E-state index in [1.54, 1.807) is 6.20 Å². The van der Waals surface area contributed by atoms with Gasteiger partial charge < -0.3 is 16.4 Å². The van der Waals surface area contributed by atoms with Crippen LogP contribution in [0.5, 0.6) is 0 Å². The molecule has 214 valence electrons. The Hall–Kier alpha value is -4.12. The molecule has 1 aromatic carbocycles. The van der Waals surface area contributed by atoms with Gasteiger partial charge in [0.1, 0.15) is 17.5 Å². The third-order valence-electron chi connectivity index (χ3n) is 7.40. The first kappa shape index (κ1) is 28.4. The Kier molecular flexibility index (Phi) is 7.90. The maximum Gasteiger partial charge on any atom is 0.417 e. The molecule has 41 heavy (non-hydrogen) atoms. The van der Waals surface area contributed by atoms with Crippen molar-refractivity contribution in [2.24, 2.45) is 33.6 Å². The predicted octanol–water partition coefficient (Wildman–Crippen LogP) is 5.06. The van der Waals surface area contributed by atoms with Crippen LogP contribution in [-0.4, -0.2) is 34.5 Å². The van der Waals surface area contributed by atoms with E-state index >= 15 is 0 Å². The molecule has 0 fully saturated rings. The third-order valence-corrected chi connectivity index (χ3v) is 7.92. The molecular formula is C29H29ClF3N7O. The highest BCUT2D eigenvalue weighted by atomic mass is 35.5. The summed E-state index contributed by atoms with van der Waals surface area (Å²) in [4.78, 5) is 21.4. The molecule has 5 N–H and O–H groups in total. The second kappa shape index (κ2) is 11.4. The van der Waals surface area contributed by atoms with E-state index < -0.39 is 17.6 Å². The number of halogens is 4. The lowest BCUT2D eigenvalue weighted by atomic mass is 9.81. The smallest absolute Gasteiger partial charge is 0.385 e. The number of rotatable bonds is 7. The van der Waals surface area contributed by atoms with Gasteiger partial charge in [0.2, 0.25) is 0 Å². The van der Waals surface area contributed by atoms with Crippen molar-refractivity contribution in [2.45, 2.75) is 31.9 Å². The molecule has 4 atom stereocenters. The van der Waals surface area contributed by atoms with Crippen molar-refractivity contribution in [2.75, 3.05) is 11.9 Å². The molecule has 2 aliphatic heterocycles. The summed E-state index contributed by atoms with van der Waals surface area (Å²) in [7, 11) is 0. The topological polar surface area (TPSA) is 117 Å². The summed E-state index contributed by atoms with van der Waals surface area (Å²) in [6.07, 6.45) is 3.46. The Bertz CT molecular complexity index is 1490. The maximum absolute atomic E-state index is 13.4. The van der Waals surface area contributed by atoms with Gasteiger partial charge in [-0.3, -0.25) is 10.2 Å². The average molecular weight is 584 g/mol. The number of carbonyl (C=O) groups is 1. The quantitative estimate of drug-likeness (QED) is 0.340. The normalized spacial score (nSPS) is 23.5. The molecule has 3 heterocycles. The number of nitrogens with two attached hydrogens (primary N) is 1. The lowest BCUT2D eigenvalue weighted by molar-refractivity contribution is -0.137. The van der Waals surface area contributed by atoms with Gasteiger partial charge in [0.25, 0.3) is 5.91 Å². The fourth-order valence-electron chi connectivity index (χ4n) is 4.90. The highest BCUT2D eigenvalue weighted by molar-refractivity contribution is 6.22. The van der Waals surface area contributed by atoms with Crippen molar-refractivity contribution in [3.8, 4) is 0 Å². The van der Waals surface area contributed by atoms with Gasteiger partial charge in [0.15, 0.2) is 0 Å². The fourth-order valence-corrected chi connectivity index (χ4v) is 5.15. The van der Waals surface area contributed by atoms with Crippen molar-refractivity contribution in [3.63, 3.8) is 0 Å². The second-order valence-corrected chi connectivity index (χ2v) is 10.8. The molecule has 0 bridgehead atoms. The van der Waals surface area contributed by atoms with Crippen LogP contribution in [0.15, 0.2) is 76.6 Å². The van der Waals surface area contributed by atoms with Gasteiger partial charge in [-0.25, -0.2) is 9.98 Å². The van der Waals surface area contributed by atoms with E-state index in [0.717, 1.165) is 34.2 Å². The van der Waals surface area contributed by atoms with E-state index in [1.165, 1.54) is 0 Å². The monoisotopic (exact) mass is 583 g/mol. The zero-order chi connectivity index (χ0) is 29.3. The Balaban J connectivity index is 1.29. The summed E-state index contributed by atoms with van der Waals surface area (Å²) in [5.41, 5.74) is 11.3. The number of nitrogens with one attached hydrogen (secondary N) is 3. The molecule has 12 heteroatoms. The fraction of sp³-hybridized carbons (Fsp3) is 0.310. The van der Waals surface area contributed by atoms with E-state index in [0.29, 0.717) is 12.0 Å². The van der Waals surface area contributed by atoms with Crippen LogP contribution in [0, 0.1) is 17.8 Å². The number of pyridine rings is 1. The molecule has 0 spiro atoms. The number of amidine groups is 2. The molecule has 0 saturated carbocycles. The number of amides is 1. The molecule has 0 radical (unpaired) electrons. The van der Waals surface area contributed by atoms with Crippen molar-refractivity contribution >= 4 is 40.6 Å². The number of allylic oxidation sites excluding steroid dienone is 3. The zero-order valence-corrected chi connectivity index (χ0v) is 23.1. The van der Waals surface area contributed by atoms with Crippen LogP contribution < -0.4 is 21.8 Å². The Morgan fingerprint density at radius 2 is 1.93 bits per heavy atom. The van der Waals surface area contributed by atoms with Crippen molar-refractivity contribution in [1.29, 1.82) is 0 Å². The molecule has 8 nitrogen and oxygen atoms in total. The number of benzene rings is 1. The molecule has 1 aliphatic carbocycles. The number of aliphatic imine (C=N–C) groups is 1. The highest BCUT2D eigenvalue weighted by Gasteiger charge is 2.36. The van der Waals surface area contributed by atoms with Crippen LogP contribution in [0.1, 0.15) is 40.9 Å². The summed E-state index contributed by atoms with van der Waals surface area (Å²) in [5.74, 6) is 0.715. The number of carbonyl (C=O) groups excluding carboxylic acids is 1. The molecule has 2 aromatic rings. The number of hydrogen-bond donors (Lipinski definition) is 4. The Morgan fingerprint density at radius 1 is 1.17 bits per heavy atom. The molecule has 3 aliphatic rings. The average Bonchev–Trinajstić information content (AvgIpc) is 3.33. The van der Waals surface area contributed by atoms with Crippen LogP contribution >= 0.6 is 11.6 Å². The number of anilines is 1. The van der Waals surface area contributed by atoms with Gasteiger partial charge in [-0.1, -0.05) is 56.3 Å². The standard InChI is InChI=1S/C29H29ClF3N7O/c1-15-3-4-18(9-23(15)30)12-38-28(41)21-10-20(29(31,32)33)13-36-26(21)35-11-17-5-7-19(8-6-17)22-14-37-27-24(16(22)2)25(34)39-40-27/h3-10,13-16,23-24H,11-12H2,1-2H3,(H2,34,39)(H,35,36)(H,37,40)(H,38,41). The summed E-state index contributed by atoms with van der Waals surface area (Å²) in [6.45, 7) is 4.39. The Morgan fingerprint density at radius 3 is 2.63 bits per heavy atom. The molecule has 4 unspecified atom stereocenters. The second-order valence-electron chi connectivity index (χ2n) is 10.3. The first-order valence-electron chi connectivity index (χ1n) is 13.1. The van der Waals surface area contributed by atoms with E-state index in [-0.39, 0.29) is 47.6 Å². The van der Waals surface area contributed by atoms with Crippen LogP contribution in [0.25, 0.3) is 5.57 Å². The minimum atomic E-state index is -4.65. The van der Waals surface area contributed by atoms with E-state index in [9.17, 15) is 18.0 Å². The Labute approximate surface area is 240 Å². The van der Waals surface area contributed by atoms with E-state index in [4.69, 9.17) is 17.3 Å². The van der Waals surface area contributed by atoms with Crippen LogP contribution in [0.2, 0.25) is 0 Å². The third kappa shape index (κ3) is 6.14. The van der Waals surface area contributed by atoms with Gasteiger partial charge in [-0.05, 0) is 34.3 Å². The van der Waals surface area contributed by atoms with Crippen LogP contribution in [0.3, 0.4) is 0 Å². The summed E-state index contributed by atoms with van der Waals surface area (Å²) < 4.78 is 40.3. The molecule has 0 saturated heterocycles. The number of hydrogen-bond acceptors (Lipinski definition) is 7. The highest BCUT2D eigenvalue weighted by Crippen LogP contribution is 2.35. The van der Waals surface area contributed by atoms with Crippen LogP contribution in [0.4, 0.5) is 19.0 Å². The molecular weight excluding hydrogens is 555 g/mol. The van der Waals surface area contributed by atoms with Crippen molar-refractivity contribution in [1.82, 2.24) is 15.7 Å². The minimum absolute atomic E-state index is 0.0468. The van der Waals surface area contributed by atoms with Gasteiger partial charge in [0, 0.05) is 31.4 Å². The van der Waals surface area contributed by atoms with Gasteiger partial charge >= 0.3 is 6.18 Å². The van der Waals surface area contributed by atoms with Gasteiger partial charge in [0.05, 0.1) is 22.4 Å². The lowest BCUT2D eigenvalue weighted by Gasteiger charge is -2.25. The molecule has 5 rings (SSSR count). The number of nitrogens with zero attached hydrogens (tertiary/aromatic N) is 3.